The lowest BCUT2D eigenvalue weighted by Crippen LogP contribution is -2.09. The van der Waals surface area contributed by atoms with Crippen molar-refractivity contribution >= 4 is 17.1 Å². The Morgan fingerprint density at radius 3 is 2.35 bits per heavy atom. The summed E-state index contributed by atoms with van der Waals surface area (Å²) in [5, 5.41) is 0. The molecule has 0 saturated heterocycles. The highest BCUT2D eigenvalue weighted by Gasteiger charge is 1.98. The second-order valence-corrected chi connectivity index (χ2v) is 3.83. The lowest BCUT2D eigenvalue weighted by atomic mass is 10.2. The number of aryl methyl sites for hydroxylation is 1. The molecule has 0 atom stereocenters. The van der Waals surface area contributed by atoms with E-state index in [1.54, 1.807) is 12.1 Å². The van der Waals surface area contributed by atoms with Gasteiger partial charge in [0.05, 0.1) is 11.4 Å². The Hall–Kier alpha value is -2.23. The van der Waals surface area contributed by atoms with Gasteiger partial charge >= 0.3 is 0 Å². The van der Waals surface area contributed by atoms with Crippen LogP contribution in [-0.2, 0) is 0 Å². The van der Waals surface area contributed by atoms with E-state index < -0.39 is 0 Å². The molecule has 0 aliphatic heterocycles. The molecule has 0 spiro atoms. The number of anilines is 3. The SMILES string of the molecule is Cc1cc(N)ccc1NNc1ccc(F)cc1. The van der Waals surface area contributed by atoms with Gasteiger partial charge in [0.2, 0.25) is 0 Å². The van der Waals surface area contributed by atoms with Crippen molar-refractivity contribution in [2.45, 2.75) is 6.92 Å². The van der Waals surface area contributed by atoms with Crippen molar-refractivity contribution in [2.75, 3.05) is 16.6 Å². The topological polar surface area (TPSA) is 50.1 Å². The molecule has 0 aliphatic carbocycles. The summed E-state index contributed by atoms with van der Waals surface area (Å²) in [6, 6.07) is 11.7. The predicted molar refractivity (Wildman–Crippen MR) is 69.2 cm³/mol. The van der Waals surface area contributed by atoms with Gasteiger partial charge in [0.25, 0.3) is 0 Å². The smallest absolute Gasteiger partial charge is 0.123 e. The molecule has 0 heterocycles. The van der Waals surface area contributed by atoms with Gasteiger partial charge in [-0.15, -0.1) is 0 Å². The molecule has 0 aromatic heterocycles. The first-order valence-electron chi connectivity index (χ1n) is 5.29. The molecule has 4 heteroatoms. The van der Waals surface area contributed by atoms with E-state index in [2.05, 4.69) is 10.9 Å². The van der Waals surface area contributed by atoms with E-state index in [0.717, 1.165) is 22.6 Å². The van der Waals surface area contributed by atoms with Gasteiger partial charge in [-0.1, -0.05) is 0 Å². The van der Waals surface area contributed by atoms with Crippen molar-refractivity contribution in [3.63, 3.8) is 0 Å². The van der Waals surface area contributed by atoms with E-state index in [0.29, 0.717) is 0 Å². The number of hydrazine groups is 1. The van der Waals surface area contributed by atoms with Crippen LogP contribution >= 0.6 is 0 Å². The third kappa shape index (κ3) is 2.87. The van der Waals surface area contributed by atoms with Crippen LogP contribution in [0.1, 0.15) is 5.56 Å². The van der Waals surface area contributed by atoms with E-state index in [1.807, 2.05) is 25.1 Å². The molecule has 0 bridgehead atoms. The van der Waals surface area contributed by atoms with Crippen molar-refractivity contribution in [3.8, 4) is 0 Å². The lowest BCUT2D eigenvalue weighted by Gasteiger charge is -2.12. The summed E-state index contributed by atoms with van der Waals surface area (Å²) in [6.07, 6.45) is 0. The molecule has 0 amide bonds. The predicted octanol–water partition coefficient (Wildman–Crippen LogP) is 3.16. The van der Waals surface area contributed by atoms with Gasteiger partial charge in [0.15, 0.2) is 0 Å². The number of benzene rings is 2. The quantitative estimate of drug-likeness (QED) is 0.561. The van der Waals surface area contributed by atoms with Gasteiger partial charge < -0.3 is 16.6 Å². The molecule has 0 radical (unpaired) electrons. The maximum absolute atomic E-state index is 12.7. The Morgan fingerprint density at radius 1 is 1.00 bits per heavy atom. The van der Waals surface area contributed by atoms with Gasteiger partial charge in [-0.25, -0.2) is 4.39 Å². The van der Waals surface area contributed by atoms with Gasteiger partial charge in [-0.3, -0.25) is 0 Å². The van der Waals surface area contributed by atoms with E-state index in [-0.39, 0.29) is 5.82 Å². The largest absolute Gasteiger partial charge is 0.399 e. The maximum Gasteiger partial charge on any atom is 0.123 e. The van der Waals surface area contributed by atoms with Crippen LogP contribution in [0.25, 0.3) is 0 Å². The highest BCUT2D eigenvalue weighted by Crippen LogP contribution is 2.18. The van der Waals surface area contributed by atoms with E-state index in [1.165, 1.54) is 12.1 Å². The van der Waals surface area contributed by atoms with Gasteiger partial charge in [0, 0.05) is 5.69 Å². The van der Waals surface area contributed by atoms with Crippen LogP contribution in [0.15, 0.2) is 42.5 Å². The number of hydrogen-bond donors (Lipinski definition) is 3. The monoisotopic (exact) mass is 231 g/mol. The highest BCUT2D eigenvalue weighted by molar-refractivity contribution is 5.60. The third-order valence-corrected chi connectivity index (χ3v) is 2.44. The van der Waals surface area contributed by atoms with E-state index in [9.17, 15) is 4.39 Å². The molecule has 0 unspecified atom stereocenters. The van der Waals surface area contributed by atoms with Gasteiger partial charge in [0.1, 0.15) is 5.82 Å². The van der Waals surface area contributed by atoms with Crippen LogP contribution in [0, 0.1) is 12.7 Å². The van der Waals surface area contributed by atoms with Gasteiger partial charge in [-0.05, 0) is 55.0 Å². The molecule has 4 N–H and O–H groups in total. The van der Waals surface area contributed by atoms with E-state index in [4.69, 9.17) is 5.73 Å². The highest BCUT2D eigenvalue weighted by atomic mass is 19.1. The van der Waals surface area contributed by atoms with Crippen molar-refractivity contribution in [1.29, 1.82) is 0 Å². The summed E-state index contributed by atoms with van der Waals surface area (Å²) in [7, 11) is 0. The Labute approximate surface area is 99.4 Å². The second-order valence-electron chi connectivity index (χ2n) is 3.83. The molecule has 0 saturated carbocycles. The van der Waals surface area contributed by atoms with Crippen LogP contribution in [0.4, 0.5) is 21.5 Å². The molecular weight excluding hydrogens is 217 g/mol. The summed E-state index contributed by atoms with van der Waals surface area (Å²) < 4.78 is 12.7. The first-order valence-corrected chi connectivity index (χ1v) is 5.29. The zero-order valence-electron chi connectivity index (χ0n) is 9.50. The minimum absolute atomic E-state index is 0.251. The molecule has 2 rings (SSSR count). The van der Waals surface area contributed by atoms with Crippen LogP contribution in [0.2, 0.25) is 0 Å². The number of halogens is 1. The molecule has 2 aromatic carbocycles. The Kier molecular flexibility index (Phi) is 3.14. The molecule has 3 nitrogen and oxygen atoms in total. The van der Waals surface area contributed by atoms with Crippen molar-refractivity contribution in [1.82, 2.24) is 0 Å². The fourth-order valence-electron chi connectivity index (χ4n) is 1.50. The van der Waals surface area contributed by atoms with Gasteiger partial charge in [-0.2, -0.15) is 0 Å². The van der Waals surface area contributed by atoms with Crippen molar-refractivity contribution in [2.24, 2.45) is 0 Å². The summed E-state index contributed by atoms with van der Waals surface area (Å²) in [5.41, 5.74) is 15.2. The molecule has 17 heavy (non-hydrogen) atoms. The minimum Gasteiger partial charge on any atom is -0.399 e. The number of nitrogen functional groups attached to an aromatic ring is 1. The Balaban J connectivity index is 2.04. The summed E-state index contributed by atoms with van der Waals surface area (Å²) >= 11 is 0. The zero-order chi connectivity index (χ0) is 12.3. The number of nitrogens with one attached hydrogen (secondary N) is 2. The van der Waals surface area contributed by atoms with Crippen LogP contribution in [0.5, 0.6) is 0 Å². The van der Waals surface area contributed by atoms with Crippen LogP contribution in [0.3, 0.4) is 0 Å². The average Bonchev–Trinajstić information content (AvgIpc) is 2.30. The standard InChI is InChI=1S/C13H14FN3/c1-9-8-11(15)4-7-13(9)17-16-12-5-2-10(14)3-6-12/h2-8,16-17H,15H2,1H3. The summed E-state index contributed by atoms with van der Waals surface area (Å²) in [4.78, 5) is 0. The van der Waals surface area contributed by atoms with Crippen molar-refractivity contribution in [3.05, 3.63) is 53.8 Å². The minimum atomic E-state index is -0.251. The Bertz CT molecular complexity index is 509. The Morgan fingerprint density at radius 2 is 1.71 bits per heavy atom. The van der Waals surface area contributed by atoms with Crippen LogP contribution in [-0.4, -0.2) is 0 Å². The van der Waals surface area contributed by atoms with Crippen molar-refractivity contribution < 1.29 is 4.39 Å². The molecular formula is C13H14FN3. The molecule has 88 valence electrons. The molecule has 0 aliphatic rings. The normalized spacial score (nSPS) is 10.0. The first kappa shape index (κ1) is 11.3. The first-order chi connectivity index (χ1) is 8.15. The summed E-state index contributed by atoms with van der Waals surface area (Å²) in [5.74, 6) is -0.251. The number of rotatable bonds is 3. The number of nitrogens with two attached hydrogens (primary N) is 1. The fraction of sp³-hybridized carbons (Fsp3) is 0.0769. The second kappa shape index (κ2) is 4.74. The molecule has 0 fully saturated rings. The number of hydrogen-bond acceptors (Lipinski definition) is 3. The van der Waals surface area contributed by atoms with Crippen LogP contribution < -0.4 is 16.6 Å². The fourth-order valence-corrected chi connectivity index (χ4v) is 1.50. The summed E-state index contributed by atoms with van der Waals surface area (Å²) in [6.45, 7) is 1.96. The molecule has 2 aromatic rings. The average molecular weight is 231 g/mol. The van der Waals surface area contributed by atoms with E-state index >= 15 is 0 Å². The zero-order valence-corrected chi connectivity index (χ0v) is 9.50. The third-order valence-electron chi connectivity index (χ3n) is 2.44. The lowest BCUT2D eigenvalue weighted by molar-refractivity contribution is 0.628. The maximum atomic E-state index is 12.7.